The van der Waals surface area contributed by atoms with E-state index in [9.17, 15) is 18.0 Å². The van der Waals surface area contributed by atoms with Crippen LogP contribution in [0.15, 0.2) is 16.3 Å². The molecule has 3 heterocycles. The Balaban J connectivity index is 1.61. The van der Waals surface area contributed by atoms with Gasteiger partial charge in [-0.2, -0.15) is 4.31 Å². The van der Waals surface area contributed by atoms with Gasteiger partial charge in [-0.05, 0) is 51.7 Å². The molecule has 30 heavy (non-hydrogen) atoms. The fraction of sp³-hybridized carbons (Fsp3) is 0.700. The molecule has 2 aliphatic heterocycles. The summed E-state index contributed by atoms with van der Waals surface area (Å²) in [6.07, 6.45) is 5.42. The molecule has 3 amide bonds. The number of hydrogen-bond donors (Lipinski definition) is 2. The molecular weight excluding hydrogens is 424 g/mol. The van der Waals surface area contributed by atoms with Crippen LogP contribution in [-0.4, -0.2) is 61.8 Å². The minimum Gasteiger partial charge on any atom is -0.354 e. The first-order chi connectivity index (χ1) is 14.3. The predicted molar refractivity (Wildman–Crippen MR) is 118 cm³/mol. The van der Waals surface area contributed by atoms with Crippen molar-refractivity contribution in [1.29, 1.82) is 0 Å². The maximum atomic E-state index is 12.9. The van der Waals surface area contributed by atoms with Crippen LogP contribution in [0.1, 0.15) is 52.4 Å². The zero-order valence-electron chi connectivity index (χ0n) is 17.7. The lowest BCUT2D eigenvalue weighted by atomic mass is 9.97. The maximum Gasteiger partial charge on any atom is 0.322 e. The monoisotopic (exact) mass is 456 g/mol. The molecule has 0 spiro atoms. The molecule has 1 aromatic rings. The summed E-state index contributed by atoms with van der Waals surface area (Å²) in [6.45, 7) is 5.89. The number of likely N-dealkylation sites (tertiary alicyclic amines) is 1. The summed E-state index contributed by atoms with van der Waals surface area (Å²) < 4.78 is 27.6. The number of piperidine rings is 1. The standard InChI is InChI=1S/C20H32N4O4S2/c1-15(2)21-19(25)16-8-7-11-23(14-16)20(26)22-17-9-10-18(29-17)30(27,28)24-12-5-3-4-6-13-24/h9-10,15-16H,3-8,11-14H2,1-2H3,(H,21,25)(H,22,26). The molecule has 0 bridgehead atoms. The quantitative estimate of drug-likeness (QED) is 0.711. The number of nitrogens with zero attached hydrogens (tertiary/aromatic N) is 2. The Kier molecular flexibility index (Phi) is 7.75. The molecule has 0 aromatic carbocycles. The fourth-order valence-electron chi connectivity index (χ4n) is 3.90. The first kappa shape index (κ1) is 23.0. The summed E-state index contributed by atoms with van der Waals surface area (Å²) in [6, 6.07) is 2.98. The zero-order chi connectivity index (χ0) is 21.7. The van der Waals surface area contributed by atoms with Gasteiger partial charge < -0.3 is 10.2 Å². The summed E-state index contributed by atoms with van der Waals surface area (Å²) in [5.74, 6) is -0.237. The van der Waals surface area contributed by atoms with E-state index < -0.39 is 10.0 Å². The van der Waals surface area contributed by atoms with Crippen molar-refractivity contribution in [2.24, 2.45) is 5.92 Å². The normalized spacial score (nSPS) is 21.3. The van der Waals surface area contributed by atoms with Gasteiger partial charge in [0.15, 0.2) is 0 Å². The number of urea groups is 1. The first-order valence-electron chi connectivity index (χ1n) is 10.7. The topological polar surface area (TPSA) is 98.8 Å². The molecule has 10 heteroatoms. The van der Waals surface area contributed by atoms with Crippen LogP contribution in [0.2, 0.25) is 0 Å². The third kappa shape index (κ3) is 5.73. The van der Waals surface area contributed by atoms with Gasteiger partial charge in [-0.1, -0.05) is 12.8 Å². The van der Waals surface area contributed by atoms with Gasteiger partial charge in [-0.15, -0.1) is 11.3 Å². The first-order valence-corrected chi connectivity index (χ1v) is 13.0. The highest BCUT2D eigenvalue weighted by atomic mass is 32.2. The molecule has 1 atom stereocenters. The molecule has 2 saturated heterocycles. The highest BCUT2D eigenvalue weighted by Crippen LogP contribution is 2.30. The highest BCUT2D eigenvalue weighted by molar-refractivity contribution is 7.91. The van der Waals surface area contributed by atoms with Crippen LogP contribution in [0.3, 0.4) is 0 Å². The van der Waals surface area contributed by atoms with Crippen LogP contribution in [0.5, 0.6) is 0 Å². The molecule has 0 radical (unpaired) electrons. The minimum absolute atomic E-state index is 0.0237. The smallest absolute Gasteiger partial charge is 0.322 e. The van der Waals surface area contributed by atoms with Crippen molar-refractivity contribution in [3.63, 3.8) is 0 Å². The van der Waals surface area contributed by atoms with E-state index >= 15 is 0 Å². The summed E-state index contributed by atoms with van der Waals surface area (Å²) in [5.41, 5.74) is 0. The molecule has 168 valence electrons. The van der Waals surface area contributed by atoms with Crippen LogP contribution >= 0.6 is 11.3 Å². The van der Waals surface area contributed by atoms with Crippen LogP contribution in [-0.2, 0) is 14.8 Å². The average molecular weight is 457 g/mol. The summed E-state index contributed by atoms with van der Waals surface area (Å²) in [7, 11) is -3.52. The van der Waals surface area contributed by atoms with Crippen molar-refractivity contribution in [2.75, 3.05) is 31.5 Å². The van der Waals surface area contributed by atoms with Gasteiger partial charge in [0, 0.05) is 32.2 Å². The van der Waals surface area contributed by atoms with Crippen LogP contribution in [0.4, 0.5) is 9.80 Å². The number of rotatable bonds is 5. The van der Waals surface area contributed by atoms with Gasteiger partial charge in [0.05, 0.1) is 10.9 Å². The van der Waals surface area contributed by atoms with Crippen LogP contribution < -0.4 is 10.6 Å². The average Bonchev–Trinajstić information content (AvgIpc) is 3.00. The molecule has 2 N–H and O–H groups in total. The molecule has 3 rings (SSSR count). The molecular formula is C20H32N4O4S2. The van der Waals surface area contributed by atoms with E-state index in [4.69, 9.17) is 0 Å². The Labute approximate surface area is 183 Å². The van der Waals surface area contributed by atoms with E-state index in [-0.39, 0.29) is 28.1 Å². The zero-order valence-corrected chi connectivity index (χ0v) is 19.4. The summed E-state index contributed by atoms with van der Waals surface area (Å²) >= 11 is 1.08. The van der Waals surface area contributed by atoms with Crippen LogP contribution in [0.25, 0.3) is 0 Å². The Bertz CT molecular complexity index is 845. The highest BCUT2D eigenvalue weighted by Gasteiger charge is 2.30. The van der Waals surface area contributed by atoms with E-state index in [1.165, 1.54) is 0 Å². The number of carbonyl (C=O) groups excluding carboxylic acids is 2. The Morgan fingerprint density at radius 3 is 2.43 bits per heavy atom. The van der Waals surface area contributed by atoms with E-state index in [1.54, 1.807) is 21.3 Å². The number of sulfonamides is 1. The lowest BCUT2D eigenvalue weighted by Crippen LogP contribution is -2.47. The van der Waals surface area contributed by atoms with Gasteiger partial charge in [-0.25, -0.2) is 13.2 Å². The van der Waals surface area contributed by atoms with Crippen molar-refractivity contribution in [2.45, 2.75) is 62.6 Å². The molecule has 1 aromatic heterocycles. The van der Waals surface area contributed by atoms with Gasteiger partial charge >= 0.3 is 6.03 Å². The number of anilines is 1. The number of thiophene rings is 1. The SMILES string of the molecule is CC(C)NC(=O)C1CCCN(C(=O)Nc2ccc(S(=O)(=O)N3CCCCCC3)s2)C1. The van der Waals surface area contributed by atoms with Crippen LogP contribution in [0, 0.1) is 5.92 Å². The van der Waals surface area contributed by atoms with E-state index in [0.717, 1.165) is 49.9 Å². The Morgan fingerprint density at radius 2 is 1.77 bits per heavy atom. The maximum absolute atomic E-state index is 12.9. The van der Waals surface area contributed by atoms with Crippen molar-refractivity contribution < 1.29 is 18.0 Å². The largest absolute Gasteiger partial charge is 0.354 e. The van der Waals surface area contributed by atoms with Crippen molar-refractivity contribution in [3.05, 3.63) is 12.1 Å². The number of nitrogens with one attached hydrogen (secondary N) is 2. The third-order valence-electron chi connectivity index (χ3n) is 5.48. The molecule has 1 unspecified atom stereocenters. The second kappa shape index (κ2) is 10.1. The van der Waals surface area contributed by atoms with Crippen molar-refractivity contribution in [3.8, 4) is 0 Å². The fourth-order valence-corrected chi connectivity index (χ4v) is 6.77. The lowest BCUT2D eigenvalue weighted by molar-refractivity contribution is -0.126. The summed E-state index contributed by atoms with van der Waals surface area (Å²) in [4.78, 5) is 26.6. The minimum atomic E-state index is -3.52. The number of amides is 3. The van der Waals surface area contributed by atoms with Gasteiger partial charge in [0.25, 0.3) is 10.0 Å². The molecule has 2 fully saturated rings. The third-order valence-corrected chi connectivity index (χ3v) is 8.85. The number of carbonyl (C=O) groups is 2. The second-order valence-corrected chi connectivity index (χ2v) is 11.6. The van der Waals surface area contributed by atoms with Crippen molar-refractivity contribution >= 4 is 38.3 Å². The molecule has 0 saturated carbocycles. The second-order valence-electron chi connectivity index (χ2n) is 8.32. The van der Waals surface area contributed by atoms with E-state index in [0.29, 0.717) is 31.2 Å². The molecule has 8 nitrogen and oxygen atoms in total. The van der Waals surface area contributed by atoms with Gasteiger partial charge in [-0.3, -0.25) is 10.1 Å². The Morgan fingerprint density at radius 1 is 1.07 bits per heavy atom. The number of hydrogen-bond acceptors (Lipinski definition) is 5. The van der Waals surface area contributed by atoms with Gasteiger partial charge in [0.2, 0.25) is 5.91 Å². The molecule has 2 aliphatic rings. The van der Waals surface area contributed by atoms with Gasteiger partial charge in [0.1, 0.15) is 4.21 Å². The van der Waals surface area contributed by atoms with E-state index in [2.05, 4.69) is 10.6 Å². The predicted octanol–water partition coefficient (Wildman–Crippen LogP) is 3.08. The Hall–Kier alpha value is -1.65. The van der Waals surface area contributed by atoms with Crippen molar-refractivity contribution in [1.82, 2.24) is 14.5 Å². The van der Waals surface area contributed by atoms with E-state index in [1.807, 2.05) is 13.8 Å². The summed E-state index contributed by atoms with van der Waals surface area (Å²) in [5, 5.41) is 6.22. The lowest BCUT2D eigenvalue weighted by Gasteiger charge is -2.32. The molecule has 0 aliphatic carbocycles.